The number of halogens is 1. The van der Waals surface area contributed by atoms with Crippen molar-refractivity contribution in [3.05, 3.63) is 0 Å². The lowest BCUT2D eigenvalue weighted by Crippen LogP contribution is -2.58. The number of nitrogens with zero attached hydrogens (tertiary/aromatic N) is 2. The Balaban J connectivity index is 0.000000637. The number of carbonyl (C=O) groups is 2. The van der Waals surface area contributed by atoms with E-state index >= 15 is 0 Å². The third-order valence-electron chi connectivity index (χ3n) is 4.48. The molecular formula is C14H23IN2O2. The zero-order chi connectivity index (χ0) is 13.8. The number of rotatable bonds is 1. The van der Waals surface area contributed by atoms with E-state index in [0.717, 1.165) is 32.4 Å². The largest absolute Gasteiger partial charge is 0.298 e. The van der Waals surface area contributed by atoms with E-state index in [2.05, 4.69) is 27.5 Å². The van der Waals surface area contributed by atoms with Gasteiger partial charge in [0.25, 0.3) is 0 Å². The first-order valence-electron chi connectivity index (χ1n) is 7.24. The fourth-order valence-electron chi connectivity index (χ4n) is 3.69. The van der Waals surface area contributed by atoms with Gasteiger partial charge in [-0.25, -0.2) is 0 Å². The van der Waals surface area contributed by atoms with Crippen molar-refractivity contribution in [1.82, 2.24) is 9.80 Å². The molecule has 2 unspecified atom stereocenters. The molecule has 3 fully saturated rings. The van der Waals surface area contributed by atoms with E-state index in [1.807, 2.05) is 4.93 Å². The van der Waals surface area contributed by atoms with Crippen molar-refractivity contribution >= 4 is 34.4 Å². The predicted molar refractivity (Wildman–Crippen MR) is 83.3 cm³/mol. The van der Waals surface area contributed by atoms with Crippen molar-refractivity contribution in [1.29, 1.82) is 0 Å². The second-order valence-electron chi connectivity index (χ2n) is 5.47. The van der Waals surface area contributed by atoms with E-state index in [9.17, 15) is 9.59 Å². The standard InChI is InChI=1S/C13H20N2O2.CH3I/c16-12-6-7-13(17)15(12)11-5-3-9-14-8-2-1-4-10(11)14;1-2/h10-11H,1-9H2;1H3. The van der Waals surface area contributed by atoms with Crippen LogP contribution >= 0.6 is 22.6 Å². The van der Waals surface area contributed by atoms with Gasteiger partial charge >= 0.3 is 0 Å². The van der Waals surface area contributed by atoms with Crippen molar-refractivity contribution in [2.24, 2.45) is 0 Å². The first kappa shape index (κ1) is 15.2. The van der Waals surface area contributed by atoms with Gasteiger partial charge in [0.15, 0.2) is 0 Å². The van der Waals surface area contributed by atoms with E-state index in [0.29, 0.717) is 18.9 Å². The van der Waals surface area contributed by atoms with Crippen molar-refractivity contribution in [3.63, 3.8) is 0 Å². The number of fused-ring (bicyclic) bond motifs is 1. The van der Waals surface area contributed by atoms with Gasteiger partial charge in [0.05, 0.1) is 6.04 Å². The number of likely N-dealkylation sites (tertiary alicyclic amines) is 1. The molecule has 0 aromatic heterocycles. The Kier molecular flexibility index (Phi) is 5.62. The number of alkyl halides is 1. The number of imide groups is 1. The molecule has 3 saturated heterocycles. The summed E-state index contributed by atoms with van der Waals surface area (Å²) in [6.45, 7) is 2.30. The van der Waals surface area contributed by atoms with Crippen molar-refractivity contribution in [2.75, 3.05) is 18.0 Å². The van der Waals surface area contributed by atoms with E-state index in [1.54, 1.807) is 4.90 Å². The summed E-state index contributed by atoms with van der Waals surface area (Å²) in [6, 6.07) is 0.620. The molecule has 5 heteroatoms. The number of hydrogen-bond donors (Lipinski definition) is 0. The molecule has 0 aliphatic carbocycles. The van der Waals surface area contributed by atoms with Gasteiger partial charge in [-0.05, 0) is 43.7 Å². The maximum Gasteiger partial charge on any atom is 0.229 e. The SMILES string of the molecule is CI.O=C1CCC(=O)N1C1CCCN2CCCCC12. The van der Waals surface area contributed by atoms with Gasteiger partial charge in [0.2, 0.25) is 11.8 Å². The Hall–Kier alpha value is -0.170. The zero-order valence-electron chi connectivity index (χ0n) is 11.6. The van der Waals surface area contributed by atoms with Crippen LogP contribution < -0.4 is 0 Å². The van der Waals surface area contributed by atoms with Crippen LogP contribution in [0.1, 0.15) is 44.9 Å². The van der Waals surface area contributed by atoms with Crippen LogP contribution in [0.2, 0.25) is 0 Å². The van der Waals surface area contributed by atoms with Crippen molar-refractivity contribution in [3.8, 4) is 0 Å². The highest BCUT2D eigenvalue weighted by Crippen LogP contribution is 2.32. The highest BCUT2D eigenvalue weighted by molar-refractivity contribution is 14.1. The van der Waals surface area contributed by atoms with Gasteiger partial charge in [-0.1, -0.05) is 29.0 Å². The van der Waals surface area contributed by atoms with Crippen LogP contribution in [0, 0.1) is 0 Å². The minimum Gasteiger partial charge on any atom is -0.298 e. The molecule has 3 rings (SSSR count). The van der Waals surface area contributed by atoms with Crippen LogP contribution in [0.25, 0.3) is 0 Å². The topological polar surface area (TPSA) is 40.6 Å². The van der Waals surface area contributed by atoms with Gasteiger partial charge in [-0.15, -0.1) is 0 Å². The van der Waals surface area contributed by atoms with Gasteiger partial charge in [0, 0.05) is 18.9 Å². The molecule has 0 aromatic carbocycles. The van der Waals surface area contributed by atoms with Gasteiger partial charge in [-0.2, -0.15) is 0 Å². The Morgan fingerprint density at radius 2 is 1.47 bits per heavy atom. The molecule has 3 heterocycles. The summed E-state index contributed by atoms with van der Waals surface area (Å²) in [5.74, 6) is 0.125. The Morgan fingerprint density at radius 1 is 0.895 bits per heavy atom. The van der Waals surface area contributed by atoms with Crippen LogP contribution in [-0.2, 0) is 9.59 Å². The van der Waals surface area contributed by atoms with Gasteiger partial charge < -0.3 is 0 Å². The molecule has 19 heavy (non-hydrogen) atoms. The molecule has 0 bridgehead atoms. The quantitative estimate of drug-likeness (QED) is 0.399. The molecule has 3 aliphatic rings. The third kappa shape index (κ3) is 3.12. The molecule has 0 aromatic rings. The first-order chi connectivity index (χ1) is 9.27. The normalized spacial score (nSPS) is 31.8. The maximum absolute atomic E-state index is 11.8. The number of amides is 2. The maximum atomic E-state index is 11.8. The van der Waals surface area contributed by atoms with E-state index in [-0.39, 0.29) is 17.9 Å². The lowest BCUT2D eigenvalue weighted by Gasteiger charge is -2.46. The lowest BCUT2D eigenvalue weighted by molar-refractivity contribution is -0.144. The third-order valence-corrected chi connectivity index (χ3v) is 4.48. The zero-order valence-corrected chi connectivity index (χ0v) is 13.8. The number of hydrogen-bond acceptors (Lipinski definition) is 3. The van der Waals surface area contributed by atoms with Gasteiger partial charge in [0.1, 0.15) is 0 Å². The molecule has 108 valence electrons. The fourth-order valence-corrected chi connectivity index (χ4v) is 3.69. The van der Waals surface area contributed by atoms with Crippen LogP contribution in [0.15, 0.2) is 0 Å². The second-order valence-corrected chi connectivity index (χ2v) is 5.47. The summed E-state index contributed by atoms with van der Waals surface area (Å²) >= 11 is 2.15. The number of carbonyl (C=O) groups excluding carboxylic acids is 2. The predicted octanol–water partition coefficient (Wildman–Crippen LogP) is 2.20. The second kappa shape index (κ2) is 7.02. The van der Waals surface area contributed by atoms with E-state index in [4.69, 9.17) is 0 Å². The van der Waals surface area contributed by atoms with Crippen LogP contribution in [-0.4, -0.2) is 51.7 Å². The van der Waals surface area contributed by atoms with E-state index < -0.39 is 0 Å². The molecule has 0 saturated carbocycles. The van der Waals surface area contributed by atoms with Crippen LogP contribution in [0.5, 0.6) is 0 Å². The summed E-state index contributed by atoms with van der Waals surface area (Å²) in [5.41, 5.74) is 0. The summed E-state index contributed by atoms with van der Waals surface area (Å²) in [6.07, 6.45) is 6.67. The highest BCUT2D eigenvalue weighted by Gasteiger charge is 2.42. The smallest absolute Gasteiger partial charge is 0.229 e. The Bertz CT molecular complexity index is 330. The summed E-state index contributed by atoms with van der Waals surface area (Å²) < 4.78 is 0. The molecule has 0 spiro atoms. The van der Waals surface area contributed by atoms with Crippen LogP contribution in [0.4, 0.5) is 0 Å². The lowest BCUT2D eigenvalue weighted by atomic mass is 9.88. The monoisotopic (exact) mass is 378 g/mol. The van der Waals surface area contributed by atoms with E-state index in [1.165, 1.54) is 12.8 Å². The minimum atomic E-state index is 0.0624. The number of piperidine rings is 2. The molecule has 4 nitrogen and oxygen atoms in total. The van der Waals surface area contributed by atoms with Crippen molar-refractivity contribution < 1.29 is 9.59 Å². The molecule has 0 N–H and O–H groups in total. The Morgan fingerprint density at radius 3 is 2.16 bits per heavy atom. The van der Waals surface area contributed by atoms with Gasteiger partial charge in [-0.3, -0.25) is 19.4 Å². The fraction of sp³-hybridized carbons (Fsp3) is 0.857. The molecule has 2 atom stereocenters. The molecular weight excluding hydrogens is 355 g/mol. The minimum absolute atomic E-state index is 0.0624. The summed E-state index contributed by atoms with van der Waals surface area (Å²) in [4.78, 5) is 29.8. The first-order valence-corrected chi connectivity index (χ1v) is 9.40. The molecule has 2 amide bonds. The average molecular weight is 378 g/mol. The summed E-state index contributed by atoms with van der Waals surface area (Å²) in [5, 5.41) is 0. The molecule has 0 radical (unpaired) electrons. The Labute approximate surface area is 129 Å². The van der Waals surface area contributed by atoms with Crippen LogP contribution in [0.3, 0.4) is 0 Å². The average Bonchev–Trinajstić information content (AvgIpc) is 2.80. The molecule has 3 aliphatic heterocycles. The highest BCUT2D eigenvalue weighted by atomic mass is 127. The summed E-state index contributed by atoms with van der Waals surface area (Å²) in [7, 11) is 0. The van der Waals surface area contributed by atoms with Crippen molar-refractivity contribution in [2.45, 2.75) is 57.0 Å².